The molecule has 1 aromatic carbocycles. The van der Waals surface area contributed by atoms with Gasteiger partial charge in [0.25, 0.3) is 0 Å². The van der Waals surface area contributed by atoms with E-state index < -0.39 is 17.8 Å². The van der Waals surface area contributed by atoms with Crippen molar-refractivity contribution in [2.24, 2.45) is 0 Å². The van der Waals surface area contributed by atoms with Gasteiger partial charge in [-0.05, 0) is 30.7 Å². The molecule has 1 aliphatic heterocycles. The Morgan fingerprint density at radius 2 is 2.08 bits per heavy atom. The van der Waals surface area contributed by atoms with Gasteiger partial charge in [-0.25, -0.2) is 18.2 Å². The lowest BCUT2D eigenvalue weighted by atomic mass is 10.0. The SMILES string of the molecule is CC(=O)Nc1c(-c2cc(F)ccc2F)ccnc1N1CC[C@H](F)C1. The molecule has 2 aromatic rings. The lowest BCUT2D eigenvalue weighted by Gasteiger charge is -2.22. The van der Waals surface area contributed by atoms with Crippen LogP contribution in [0.25, 0.3) is 11.1 Å². The van der Waals surface area contributed by atoms with Gasteiger partial charge in [0.2, 0.25) is 5.91 Å². The van der Waals surface area contributed by atoms with Crippen LogP contribution in [0.3, 0.4) is 0 Å². The van der Waals surface area contributed by atoms with Crippen LogP contribution in [0, 0.1) is 11.6 Å². The van der Waals surface area contributed by atoms with E-state index in [4.69, 9.17) is 0 Å². The van der Waals surface area contributed by atoms with Gasteiger partial charge in [-0.2, -0.15) is 0 Å². The molecule has 0 saturated carbocycles. The van der Waals surface area contributed by atoms with Gasteiger partial charge in [-0.3, -0.25) is 4.79 Å². The Labute approximate surface area is 137 Å². The summed E-state index contributed by atoms with van der Waals surface area (Å²) < 4.78 is 41.2. The first-order valence-corrected chi connectivity index (χ1v) is 7.56. The van der Waals surface area contributed by atoms with Gasteiger partial charge in [0.1, 0.15) is 17.8 Å². The van der Waals surface area contributed by atoms with Gasteiger partial charge in [-0.15, -0.1) is 0 Å². The quantitative estimate of drug-likeness (QED) is 0.933. The molecule has 1 aromatic heterocycles. The van der Waals surface area contributed by atoms with Crippen LogP contribution < -0.4 is 10.2 Å². The van der Waals surface area contributed by atoms with Crippen molar-refractivity contribution in [2.75, 3.05) is 23.3 Å². The second-order valence-corrected chi connectivity index (χ2v) is 5.69. The number of hydrogen-bond acceptors (Lipinski definition) is 3. The number of carbonyl (C=O) groups excluding carboxylic acids is 1. The molecule has 3 rings (SSSR count). The molecule has 0 spiro atoms. The van der Waals surface area contributed by atoms with Gasteiger partial charge in [0.15, 0.2) is 5.82 Å². The normalized spacial score (nSPS) is 17.2. The number of anilines is 2. The van der Waals surface area contributed by atoms with E-state index in [9.17, 15) is 18.0 Å². The fraction of sp³-hybridized carbons (Fsp3) is 0.294. The number of nitrogens with one attached hydrogen (secondary N) is 1. The summed E-state index contributed by atoms with van der Waals surface area (Å²) in [7, 11) is 0. The van der Waals surface area contributed by atoms with Gasteiger partial charge in [0.05, 0.1) is 12.2 Å². The number of pyridine rings is 1. The summed E-state index contributed by atoms with van der Waals surface area (Å²) in [5.41, 5.74) is 0.566. The molecular formula is C17H16F3N3O. The summed E-state index contributed by atoms with van der Waals surface area (Å²) >= 11 is 0. The number of rotatable bonds is 3. The average molecular weight is 335 g/mol. The predicted octanol–water partition coefficient (Wildman–Crippen LogP) is 3.53. The zero-order valence-electron chi connectivity index (χ0n) is 13.0. The zero-order chi connectivity index (χ0) is 17.3. The van der Waals surface area contributed by atoms with E-state index in [0.29, 0.717) is 24.3 Å². The van der Waals surface area contributed by atoms with E-state index in [2.05, 4.69) is 10.3 Å². The largest absolute Gasteiger partial charge is 0.352 e. The maximum absolute atomic E-state index is 14.2. The molecule has 1 amide bonds. The third-order valence-electron chi connectivity index (χ3n) is 3.88. The van der Waals surface area contributed by atoms with Crippen LogP contribution in [0.1, 0.15) is 13.3 Å². The Balaban J connectivity index is 2.15. The lowest BCUT2D eigenvalue weighted by molar-refractivity contribution is -0.114. The lowest BCUT2D eigenvalue weighted by Crippen LogP contribution is -2.23. The maximum atomic E-state index is 14.2. The average Bonchev–Trinajstić information content (AvgIpc) is 2.96. The summed E-state index contributed by atoms with van der Waals surface area (Å²) in [6.07, 6.45) is 0.817. The Kier molecular flexibility index (Phi) is 4.42. The minimum absolute atomic E-state index is 0.0124. The Morgan fingerprint density at radius 1 is 1.29 bits per heavy atom. The van der Waals surface area contributed by atoms with Crippen molar-refractivity contribution in [3.63, 3.8) is 0 Å². The van der Waals surface area contributed by atoms with E-state index >= 15 is 0 Å². The van der Waals surface area contributed by atoms with Crippen molar-refractivity contribution >= 4 is 17.4 Å². The van der Waals surface area contributed by atoms with Crippen LogP contribution in [-0.4, -0.2) is 30.2 Å². The minimum atomic E-state index is -0.980. The predicted molar refractivity (Wildman–Crippen MR) is 85.6 cm³/mol. The van der Waals surface area contributed by atoms with Crippen LogP contribution in [0.4, 0.5) is 24.7 Å². The zero-order valence-corrected chi connectivity index (χ0v) is 13.0. The molecule has 24 heavy (non-hydrogen) atoms. The van der Waals surface area contributed by atoms with Gasteiger partial charge in [0, 0.05) is 30.8 Å². The summed E-state index contributed by atoms with van der Waals surface area (Å²) in [6.45, 7) is 1.90. The second-order valence-electron chi connectivity index (χ2n) is 5.69. The minimum Gasteiger partial charge on any atom is -0.352 e. The van der Waals surface area contributed by atoms with Crippen molar-refractivity contribution in [2.45, 2.75) is 19.5 Å². The van der Waals surface area contributed by atoms with Crippen molar-refractivity contribution < 1.29 is 18.0 Å². The van der Waals surface area contributed by atoms with Crippen molar-refractivity contribution in [3.8, 4) is 11.1 Å². The van der Waals surface area contributed by atoms with Gasteiger partial charge in [-0.1, -0.05) is 0 Å². The molecule has 0 aliphatic carbocycles. The van der Waals surface area contributed by atoms with Gasteiger partial charge >= 0.3 is 0 Å². The van der Waals surface area contributed by atoms with Crippen LogP contribution >= 0.6 is 0 Å². The monoisotopic (exact) mass is 335 g/mol. The van der Waals surface area contributed by atoms with E-state index in [1.807, 2.05) is 0 Å². The highest BCUT2D eigenvalue weighted by Gasteiger charge is 2.27. The molecule has 4 nitrogen and oxygen atoms in total. The van der Waals surface area contributed by atoms with E-state index in [0.717, 1.165) is 18.2 Å². The van der Waals surface area contributed by atoms with Crippen LogP contribution in [0.5, 0.6) is 0 Å². The van der Waals surface area contributed by atoms with Crippen molar-refractivity contribution in [3.05, 3.63) is 42.1 Å². The smallest absolute Gasteiger partial charge is 0.221 e. The maximum Gasteiger partial charge on any atom is 0.221 e. The highest BCUT2D eigenvalue weighted by Crippen LogP contribution is 2.37. The summed E-state index contributed by atoms with van der Waals surface area (Å²) in [5, 5.41) is 2.62. The molecular weight excluding hydrogens is 319 g/mol. The first-order chi connectivity index (χ1) is 11.5. The highest BCUT2D eigenvalue weighted by molar-refractivity contribution is 5.98. The van der Waals surface area contributed by atoms with E-state index in [-0.39, 0.29) is 23.7 Å². The number of alkyl halides is 1. The first kappa shape index (κ1) is 16.3. The number of nitrogens with zero attached hydrogens (tertiary/aromatic N) is 2. The topological polar surface area (TPSA) is 45.2 Å². The standard InChI is InChI=1S/C17H16F3N3O/c1-10(24)22-16-13(14-8-11(18)2-3-15(14)20)4-6-21-17(16)23-7-5-12(19)9-23/h2-4,6,8,12H,5,7,9H2,1H3,(H,22,24)/t12-/m0/s1. The molecule has 1 aliphatic rings. The number of amides is 1. The van der Waals surface area contributed by atoms with Crippen molar-refractivity contribution in [1.29, 1.82) is 0 Å². The van der Waals surface area contributed by atoms with Gasteiger partial charge < -0.3 is 10.2 Å². The fourth-order valence-corrected chi connectivity index (χ4v) is 2.83. The second kappa shape index (κ2) is 6.51. The molecule has 7 heteroatoms. The third-order valence-corrected chi connectivity index (χ3v) is 3.88. The summed E-state index contributed by atoms with van der Waals surface area (Å²) in [5.74, 6) is -1.24. The first-order valence-electron chi connectivity index (χ1n) is 7.56. The van der Waals surface area contributed by atoms with E-state index in [1.54, 1.807) is 4.90 Å². The molecule has 2 heterocycles. The molecule has 0 bridgehead atoms. The molecule has 0 unspecified atom stereocenters. The Morgan fingerprint density at radius 3 is 2.75 bits per heavy atom. The molecule has 1 fully saturated rings. The fourth-order valence-electron chi connectivity index (χ4n) is 2.83. The van der Waals surface area contributed by atoms with Crippen LogP contribution in [0.2, 0.25) is 0 Å². The summed E-state index contributed by atoms with van der Waals surface area (Å²) in [4.78, 5) is 17.5. The number of hydrogen-bond donors (Lipinski definition) is 1. The number of benzene rings is 1. The Bertz CT molecular complexity index is 782. The van der Waals surface area contributed by atoms with E-state index in [1.165, 1.54) is 19.2 Å². The highest BCUT2D eigenvalue weighted by atomic mass is 19.1. The molecule has 1 atom stereocenters. The summed E-state index contributed by atoms with van der Waals surface area (Å²) in [6, 6.07) is 4.60. The van der Waals surface area contributed by atoms with Crippen LogP contribution in [-0.2, 0) is 4.79 Å². The van der Waals surface area contributed by atoms with Crippen LogP contribution in [0.15, 0.2) is 30.5 Å². The molecule has 1 saturated heterocycles. The molecule has 1 N–H and O–H groups in total. The molecule has 126 valence electrons. The molecule has 0 radical (unpaired) electrons. The number of aromatic nitrogens is 1. The third kappa shape index (κ3) is 3.20. The number of carbonyl (C=O) groups is 1. The Hall–Kier alpha value is -2.57. The number of halogens is 3. The van der Waals surface area contributed by atoms with Crippen molar-refractivity contribution in [1.82, 2.24) is 4.98 Å².